The molecule has 13 nitrogen and oxygen atoms in total. The average molecular weight is 1070 g/mol. The molecule has 1 aromatic heterocycles. The fourth-order valence-corrected chi connectivity index (χ4v) is 14.7. The van der Waals surface area contributed by atoms with Gasteiger partial charge in [0, 0.05) is 126 Å². The minimum atomic E-state index is -3.74. The number of nitrogens with zero attached hydrogens (tertiary/aromatic N) is 6. The number of likely N-dealkylation sites (tertiary alicyclic amines) is 1. The van der Waals surface area contributed by atoms with Gasteiger partial charge >= 0.3 is 0 Å². The van der Waals surface area contributed by atoms with Crippen molar-refractivity contribution in [3.8, 4) is 22.4 Å². The van der Waals surface area contributed by atoms with Crippen molar-refractivity contribution in [2.45, 2.75) is 74.4 Å². The Bertz CT molecular complexity index is 2990. The molecule has 0 radical (unpaired) electrons. The zero-order valence-corrected chi connectivity index (χ0v) is 45.1. The summed E-state index contributed by atoms with van der Waals surface area (Å²) in [7, 11) is -5.10. The van der Waals surface area contributed by atoms with E-state index < -0.39 is 24.0 Å². The van der Waals surface area contributed by atoms with Gasteiger partial charge in [-0.2, -0.15) is 0 Å². The lowest BCUT2D eigenvalue weighted by Gasteiger charge is -2.38. The lowest BCUT2D eigenvalue weighted by molar-refractivity contribution is -0.383. The number of aliphatic hydroxyl groups is 1. The lowest BCUT2D eigenvalue weighted by atomic mass is 9.99. The number of hydrogen-bond acceptors (Lipinski definition) is 12. The van der Waals surface area contributed by atoms with Crippen molar-refractivity contribution in [2.75, 3.05) is 90.8 Å². The zero-order chi connectivity index (χ0) is 51.4. The largest absolute Gasteiger partial charge is 0.393 e. The van der Waals surface area contributed by atoms with E-state index in [1.54, 1.807) is 30.0 Å². The summed E-state index contributed by atoms with van der Waals surface area (Å²) in [4.78, 5) is 20.6. The first-order chi connectivity index (χ1) is 35.1. The van der Waals surface area contributed by atoms with E-state index in [4.69, 9.17) is 16.1 Å². The maximum atomic E-state index is 15.8. The van der Waals surface area contributed by atoms with Crippen LogP contribution in [-0.4, -0.2) is 111 Å². The summed E-state index contributed by atoms with van der Waals surface area (Å²) >= 11 is 8.02. The third-order valence-electron chi connectivity index (χ3n) is 14.0. The maximum Gasteiger partial charge on any atom is 0.293 e. The Balaban J connectivity index is 0.897. The number of halogens is 2. The maximum absolute atomic E-state index is 15.8. The van der Waals surface area contributed by atoms with Crippen LogP contribution in [0.15, 0.2) is 125 Å². The first-order valence-corrected chi connectivity index (χ1v) is 29.5. The molecule has 3 fully saturated rings. The van der Waals surface area contributed by atoms with Crippen LogP contribution in [0.1, 0.15) is 51.3 Å². The summed E-state index contributed by atoms with van der Waals surface area (Å²) in [5.74, 6) is 0.287. The second-order valence-electron chi connectivity index (χ2n) is 19.4. The van der Waals surface area contributed by atoms with Crippen molar-refractivity contribution >= 4 is 75.2 Å². The van der Waals surface area contributed by atoms with E-state index in [0.29, 0.717) is 71.7 Å². The van der Waals surface area contributed by atoms with E-state index in [2.05, 4.69) is 61.1 Å². The summed E-state index contributed by atoms with van der Waals surface area (Å²) in [6.07, 6.45) is 4.11. The molecule has 0 spiro atoms. The van der Waals surface area contributed by atoms with Crippen LogP contribution in [-0.2, 0) is 14.4 Å². The monoisotopic (exact) mass is 1070 g/mol. The third-order valence-corrected chi connectivity index (χ3v) is 18.7. The molecule has 6 aromatic rings. The van der Waals surface area contributed by atoms with Crippen LogP contribution in [0.3, 0.4) is 0 Å². The number of sulfone groups is 1. The standard InChI is InChI=1S/C55H64ClFN7O6PS2/c1-38(2)63-39(3)55(73(4,68)69)53(54(63)40-11-13-42(56)14-12-40)41-33-43(57)35-47(34-41)61-30-28-60(29-31-61)45-15-17-46(18-16-45)62-24-8-32-70-71(62)49-19-20-51(52(36-49)64(66)67)58-44(37-72-50-9-6-5-7-10-50)21-25-59-26-22-48(65)23-27-59/h5-7,9-20,33-36,38,44,48,58,65H,8,21-32,37H2,1-4H3. The molecule has 2 atom stereocenters. The number of piperazine rings is 1. The number of aliphatic hydroxyl groups excluding tert-OH is 1. The van der Waals surface area contributed by atoms with Gasteiger partial charge < -0.3 is 38.9 Å². The summed E-state index contributed by atoms with van der Waals surface area (Å²) < 4.78 is 53.6. The Morgan fingerprint density at radius 2 is 1.53 bits per heavy atom. The number of nitrogens with one attached hydrogen (secondary N) is 1. The van der Waals surface area contributed by atoms with Crippen LogP contribution < -0.4 is 25.1 Å². The third kappa shape index (κ3) is 12.3. The molecule has 5 aromatic carbocycles. The van der Waals surface area contributed by atoms with Crippen LogP contribution in [0, 0.1) is 22.9 Å². The fourth-order valence-electron chi connectivity index (χ4n) is 10.4. The van der Waals surface area contributed by atoms with Gasteiger partial charge in [-0.1, -0.05) is 41.9 Å². The van der Waals surface area contributed by atoms with Gasteiger partial charge in [0.15, 0.2) is 18.1 Å². The molecular weight excluding hydrogens is 1000 g/mol. The number of nitro benzene ring substituents is 1. The zero-order valence-electron chi connectivity index (χ0n) is 41.8. The predicted octanol–water partition coefficient (Wildman–Crippen LogP) is 11.4. The fraction of sp³-hybridized carbons (Fsp3) is 0.382. The van der Waals surface area contributed by atoms with Gasteiger partial charge in [0.05, 0.1) is 28.2 Å². The second-order valence-corrected chi connectivity index (χ2v) is 24.7. The van der Waals surface area contributed by atoms with E-state index in [1.807, 2.05) is 73.9 Å². The SMILES string of the molecule is Cc1c(S(C)(=O)=O)c(-c2cc(F)cc(N3CCN(c4ccc(N5CCCOP5c5ccc(NC(CCN6CCC(O)CC6)CSc6ccccc6)c([N+](=O)[O-])c5)cc4)CC3)c2)c(-c2ccc(Cl)cc2)n1C(C)C. The van der Waals surface area contributed by atoms with E-state index in [9.17, 15) is 23.6 Å². The number of benzene rings is 5. The summed E-state index contributed by atoms with van der Waals surface area (Å²) in [6, 6.07) is 36.1. The van der Waals surface area contributed by atoms with Crippen LogP contribution >= 0.6 is 31.7 Å². The number of thioether (sulfide) groups is 1. The smallest absolute Gasteiger partial charge is 0.293 e. The van der Waals surface area contributed by atoms with Gasteiger partial charge in [0.25, 0.3) is 5.69 Å². The molecular formula is C55H64ClFN7O6PS2. The molecule has 2 N–H and O–H groups in total. The topological polar surface area (TPSA) is 137 Å². The van der Waals surface area contributed by atoms with Crippen molar-refractivity contribution in [1.82, 2.24) is 9.47 Å². The number of hydrogen-bond donors (Lipinski definition) is 2. The van der Waals surface area contributed by atoms with E-state index in [1.165, 1.54) is 18.4 Å². The van der Waals surface area contributed by atoms with Crippen LogP contribution in [0.2, 0.25) is 5.02 Å². The molecule has 3 saturated heterocycles. The van der Waals surface area contributed by atoms with Gasteiger partial charge in [-0.3, -0.25) is 10.1 Å². The predicted molar refractivity (Wildman–Crippen MR) is 298 cm³/mol. The molecule has 18 heteroatoms. The summed E-state index contributed by atoms with van der Waals surface area (Å²) in [6.45, 7) is 12.2. The van der Waals surface area contributed by atoms with E-state index >= 15 is 4.39 Å². The highest BCUT2D eigenvalue weighted by Crippen LogP contribution is 2.49. The van der Waals surface area contributed by atoms with Gasteiger partial charge in [-0.05, 0) is 136 Å². The molecule has 0 saturated carbocycles. The molecule has 2 unspecified atom stereocenters. The number of aromatic nitrogens is 1. The van der Waals surface area contributed by atoms with Crippen molar-refractivity contribution < 1.29 is 27.4 Å². The van der Waals surface area contributed by atoms with Crippen molar-refractivity contribution in [1.29, 1.82) is 0 Å². The Kier molecular flexibility index (Phi) is 16.7. The van der Waals surface area contributed by atoms with Crippen LogP contribution in [0.25, 0.3) is 22.4 Å². The molecule has 386 valence electrons. The molecule has 3 aliphatic rings. The molecule has 73 heavy (non-hydrogen) atoms. The van der Waals surface area contributed by atoms with Crippen molar-refractivity contribution in [3.05, 3.63) is 142 Å². The Hall–Kier alpha value is -5.19. The molecule has 0 amide bonds. The highest BCUT2D eigenvalue weighted by Gasteiger charge is 2.32. The highest BCUT2D eigenvalue weighted by molar-refractivity contribution is 7.99. The molecule has 0 aliphatic carbocycles. The number of anilines is 4. The molecule has 0 bridgehead atoms. The van der Waals surface area contributed by atoms with Gasteiger partial charge in [-0.15, -0.1) is 11.8 Å². The molecule has 4 heterocycles. The second kappa shape index (κ2) is 23.1. The number of rotatable bonds is 17. The van der Waals surface area contributed by atoms with Crippen LogP contribution in [0.4, 0.5) is 32.8 Å². The summed E-state index contributed by atoms with van der Waals surface area (Å²) in [5, 5.41) is 27.7. The first-order valence-electron chi connectivity index (χ1n) is 25.1. The average Bonchev–Trinajstić information content (AvgIpc) is 3.72. The van der Waals surface area contributed by atoms with Crippen LogP contribution in [0.5, 0.6) is 0 Å². The summed E-state index contributed by atoms with van der Waals surface area (Å²) in [5.41, 5.74) is 6.27. The first kappa shape index (κ1) is 52.7. The number of nitro groups is 1. The van der Waals surface area contributed by atoms with Crippen molar-refractivity contribution in [2.24, 2.45) is 0 Å². The van der Waals surface area contributed by atoms with Gasteiger partial charge in [0.2, 0.25) is 0 Å². The minimum Gasteiger partial charge on any atom is -0.393 e. The van der Waals surface area contributed by atoms with Crippen molar-refractivity contribution in [3.63, 3.8) is 0 Å². The number of piperidine rings is 1. The van der Waals surface area contributed by atoms with E-state index in [-0.39, 0.29) is 33.7 Å². The van der Waals surface area contributed by atoms with Gasteiger partial charge in [-0.25, -0.2) is 12.8 Å². The lowest BCUT2D eigenvalue weighted by Crippen LogP contribution is -2.46. The molecule has 9 rings (SSSR count). The normalized spacial score (nSPS) is 17.6. The Morgan fingerprint density at radius 1 is 0.863 bits per heavy atom. The highest BCUT2D eigenvalue weighted by atomic mass is 35.5. The Labute approximate surface area is 439 Å². The quantitative estimate of drug-likeness (QED) is 0.0389. The Morgan fingerprint density at radius 3 is 2.19 bits per heavy atom. The van der Waals surface area contributed by atoms with Gasteiger partial charge in [0.1, 0.15) is 11.5 Å². The van der Waals surface area contributed by atoms with E-state index in [0.717, 1.165) is 84.8 Å². The molecule has 3 aliphatic heterocycles. The minimum absolute atomic E-state index is 0.0237.